The standard InChI is InChI=1S/C30H27FN6O2.C15H10ClFN2.C15H18N4O2/c1-19-29(23-7-6-21(31)14-26(23)36-30(19)25-5-3-4-8-33-25)35-27-15-28(37-9-11-39-12-10-37)34-18-24(27)20-13-22(38-2)17-32-16-20;1-9-14(16)11-6-5-10(17)8-13(11)19-15(9)12-4-2-3-7-18-12;1-20-12-6-11(8-17-9-12)13-10-18-15(7-14(13)16)19-2-4-21-5-3-19/h3-8,13-18H,9-12H2,1-2H3,(H,34,35,36);2-8H,1H3;6-10H,2-5H2,1H3,(H2,16,18). The fourth-order valence-corrected chi connectivity index (χ4v) is 9.44. The first kappa shape index (κ1) is 53.4. The van der Waals surface area contributed by atoms with Crippen molar-refractivity contribution in [2.24, 2.45) is 0 Å². The van der Waals surface area contributed by atoms with E-state index in [1.807, 2.05) is 80.7 Å². The van der Waals surface area contributed by atoms with Crippen LogP contribution >= 0.6 is 11.6 Å². The maximum absolute atomic E-state index is 14.3. The number of pyridine rings is 8. The summed E-state index contributed by atoms with van der Waals surface area (Å²) in [5.74, 6) is 2.39. The van der Waals surface area contributed by atoms with Crippen LogP contribution in [0.3, 0.4) is 0 Å². The molecule has 2 fully saturated rings. The first-order chi connectivity index (χ1) is 38.5. The first-order valence-corrected chi connectivity index (χ1v) is 25.8. The molecule has 0 radical (unpaired) electrons. The van der Waals surface area contributed by atoms with Crippen molar-refractivity contribution in [3.05, 3.63) is 174 Å². The number of morpholine rings is 2. The van der Waals surface area contributed by atoms with Gasteiger partial charge in [-0.05, 0) is 80.1 Å². The van der Waals surface area contributed by atoms with Gasteiger partial charge in [0.15, 0.2) is 0 Å². The molecule has 0 bridgehead atoms. The minimum absolute atomic E-state index is 0.327. The number of benzene rings is 2. The van der Waals surface area contributed by atoms with Crippen molar-refractivity contribution in [3.63, 3.8) is 0 Å². The van der Waals surface area contributed by atoms with Crippen LogP contribution in [0.15, 0.2) is 147 Å². The topological polar surface area (TPSA) is 185 Å². The predicted molar refractivity (Wildman–Crippen MR) is 306 cm³/mol. The molecule has 2 saturated heterocycles. The molecule has 2 aliphatic rings. The third-order valence-corrected chi connectivity index (χ3v) is 13.9. The number of nitrogens with one attached hydrogen (secondary N) is 1. The van der Waals surface area contributed by atoms with E-state index < -0.39 is 0 Å². The van der Waals surface area contributed by atoms with Gasteiger partial charge in [-0.2, -0.15) is 0 Å². The van der Waals surface area contributed by atoms with Gasteiger partial charge in [-0.1, -0.05) is 23.7 Å². The third kappa shape index (κ3) is 12.3. The van der Waals surface area contributed by atoms with Crippen LogP contribution in [0.25, 0.3) is 66.8 Å². The molecule has 0 amide bonds. The Morgan fingerprint density at radius 1 is 0.570 bits per heavy atom. The molecule has 8 aromatic heterocycles. The second-order valence-corrected chi connectivity index (χ2v) is 18.8. The van der Waals surface area contributed by atoms with Gasteiger partial charge in [0.25, 0.3) is 0 Å². The van der Waals surface area contributed by atoms with E-state index in [0.717, 1.165) is 112 Å². The van der Waals surface area contributed by atoms with E-state index in [9.17, 15) is 8.78 Å². The molecule has 400 valence electrons. The number of methoxy groups -OCH3 is 2. The Labute approximate surface area is 460 Å². The summed E-state index contributed by atoms with van der Waals surface area (Å²) in [6.45, 7) is 9.84. The summed E-state index contributed by atoms with van der Waals surface area (Å²) in [4.78, 5) is 40.2. The maximum atomic E-state index is 14.3. The Morgan fingerprint density at radius 2 is 1.08 bits per heavy atom. The van der Waals surface area contributed by atoms with E-state index in [2.05, 4.69) is 45.0 Å². The van der Waals surface area contributed by atoms with E-state index in [-0.39, 0.29) is 11.6 Å². The number of anilines is 5. The average molecular weight is 1080 g/mol. The fraction of sp³-hybridized carbons (Fsp3) is 0.200. The Hall–Kier alpha value is -8.97. The molecule has 10 heterocycles. The first-order valence-electron chi connectivity index (χ1n) is 25.4. The lowest BCUT2D eigenvalue weighted by atomic mass is 10.0. The smallest absolute Gasteiger partial charge is 0.137 e. The van der Waals surface area contributed by atoms with Gasteiger partial charge in [-0.25, -0.2) is 28.7 Å². The molecule has 10 aromatic rings. The lowest BCUT2D eigenvalue weighted by molar-refractivity contribution is 0.122. The quantitative estimate of drug-likeness (QED) is 0.132. The number of nitrogens with zero attached hydrogens (tertiary/aromatic N) is 10. The molecular weight excluding hydrogens is 1030 g/mol. The molecule has 2 aromatic carbocycles. The molecule has 0 spiro atoms. The van der Waals surface area contributed by atoms with Crippen LogP contribution in [0, 0.1) is 25.5 Å². The minimum Gasteiger partial charge on any atom is -0.495 e. The highest BCUT2D eigenvalue weighted by molar-refractivity contribution is 6.36. The van der Waals surface area contributed by atoms with Gasteiger partial charge in [0.2, 0.25) is 0 Å². The number of halogens is 3. The Bertz CT molecular complexity index is 3760. The number of ether oxygens (including phenoxy) is 4. The van der Waals surface area contributed by atoms with Gasteiger partial charge in [0.05, 0.1) is 103 Å². The van der Waals surface area contributed by atoms with Gasteiger partial charge < -0.3 is 39.8 Å². The molecule has 3 N–H and O–H groups in total. The Balaban J connectivity index is 0.000000148. The number of fused-ring (bicyclic) bond motifs is 2. The highest BCUT2D eigenvalue weighted by Gasteiger charge is 2.21. The lowest BCUT2D eigenvalue weighted by Crippen LogP contribution is -2.36. The van der Waals surface area contributed by atoms with Crippen molar-refractivity contribution in [3.8, 4) is 56.5 Å². The zero-order chi connectivity index (χ0) is 54.8. The average Bonchev–Trinajstić information content (AvgIpc) is 3.54. The summed E-state index contributed by atoms with van der Waals surface area (Å²) >= 11 is 6.34. The molecule has 2 aliphatic heterocycles. The fourth-order valence-electron chi connectivity index (χ4n) is 9.19. The van der Waals surface area contributed by atoms with E-state index in [0.29, 0.717) is 63.5 Å². The van der Waals surface area contributed by atoms with Crippen LogP contribution in [-0.2, 0) is 9.47 Å². The Morgan fingerprint density at radius 3 is 1.61 bits per heavy atom. The van der Waals surface area contributed by atoms with E-state index >= 15 is 0 Å². The molecule has 12 rings (SSSR count). The monoisotopic (exact) mass is 1080 g/mol. The van der Waals surface area contributed by atoms with Crippen LogP contribution < -0.4 is 30.3 Å². The molecule has 0 unspecified atom stereocenters. The van der Waals surface area contributed by atoms with Crippen LogP contribution in [-0.4, -0.2) is 107 Å². The molecule has 0 aliphatic carbocycles. The molecule has 79 heavy (non-hydrogen) atoms. The molecule has 0 saturated carbocycles. The summed E-state index contributed by atoms with van der Waals surface area (Å²) in [7, 11) is 3.23. The largest absolute Gasteiger partial charge is 0.495 e. The lowest BCUT2D eigenvalue weighted by Gasteiger charge is -2.28. The minimum atomic E-state index is -0.349. The van der Waals surface area contributed by atoms with Crippen LogP contribution in [0.5, 0.6) is 11.5 Å². The van der Waals surface area contributed by atoms with Gasteiger partial charge >= 0.3 is 0 Å². The van der Waals surface area contributed by atoms with Crippen LogP contribution in [0.4, 0.5) is 37.5 Å². The molecule has 19 heteroatoms. The summed E-state index contributed by atoms with van der Waals surface area (Å²) in [6, 6.07) is 28.1. The van der Waals surface area contributed by atoms with E-state index in [1.165, 1.54) is 24.3 Å². The SMILES string of the molecule is COc1cncc(-c2cnc(N3CCOCC3)cc2N)c1.COc1cncc(-c2cnc(N3CCOCC3)cc2Nc2c(C)c(-c3ccccn3)nc3cc(F)ccc23)c1.Cc1c(-c2ccccn2)nc2cc(F)ccc2c1Cl. The van der Waals surface area contributed by atoms with Gasteiger partial charge in [-0.15, -0.1) is 0 Å². The zero-order valence-electron chi connectivity index (χ0n) is 43.8. The second kappa shape index (κ2) is 24.6. The number of nitrogens with two attached hydrogens (primary N) is 1. The van der Waals surface area contributed by atoms with Crippen molar-refractivity contribution in [1.82, 2.24) is 39.9 Å². The van der Waals surface area contributed by atoms with E-state index in [1.54, 1.807) is 69.7 Å². The van der Waals surface area contributed by atoms with Crippen LogP contribution in [0.1, 0.15) is 11.1 Å². The third-order valence-electron chi connectivity index (χ3n) is 13.4. The predicted octanol–water partition coefficient (Wildman–Crippen LogP) is 11.8. The summed E-state index contributed by atoms with van der Waals surface area (Å²) in [5, 5.41) is 5.81. The number of aromatic nitrogens is 8. The van der Waals surface area contributed by atoms with E-state index in [4.69, 9.17) is 46.3 Å². The Kier molecular flexibility index (Phi) is 16.6. The van der Waals surface area contributed by atoms with Gasteiger partial charge in [0, 0.05) is 132 Å². The van der Waals surface area contributed by atoms with Crippen molar-refractivity contribution in [2.45, 2.75) is 13.8 Å². The number of hydrogen-bond donors (Lipinski definition) is 2. The molecular formula is C60H55ClF2N12O4. The summed E-state index contributed by atoms with van der Waals surface area (Å²) < 4.78 is 49.1. The zero-order valence-corrected chi connectivity index (χ0v) is 44.6. The molecule has 0 atom stereocenters. The number of rotatable bonds is 10. The van der Waals surface area contributed by atoms with Crippen LogP contribution in [0.2, 0.25) is 5.02 Å². The van der Waals surface area contributed by atoms with Crippen molar-refractivity contribution >= 4 is 62.1 Å². The summed E-state index contributed by atoms with van der Waals surface area (Å²) in [6.07, 6.45) is 13.9. The normalized spacial score (nSPS) is 13.3. The van der Waals surface area contributed by atoms with Gasteiger partial charge in [-0.3, -0.25) is 19.9 Å². The van der Waals surface area contributed by atoms with Gasteiger partial charge in [0.1, 0.15) is 34.8 Å². The number of nitrogen functional groups attached to an aromatic ring is 1. The highest BCUT2D eigenvalue weighted by Crippen LogP contribution is 2.40. The summed E-state index contributed by atoms with van der Waals surface area (Å²) in [5.41, 5.74) is 17.6. The molecule has 16 nitrogen and oxygen atoms in total. The number of hydrogen-bond acceptors (Lipinski definition) is 16. The second-order valence-electron chi connectivity index (χ2n) is 18.4. The van der Waals surface area contributed by atoms with Crippen molar-refractivity contribution < 1.29 is 27.7 Å². The maximum Gasteiger partial charge on any atom is 0.137 e. The van der Waals surface area contributed by atoms with Crippen molar-refractivity contribution in [1.29, 1.82) is 0 Å². The highest BCUT2D eigenvalue weighted by atomic mass is 35.5. The van der Waals surface area contributed by atoms with Crippen molar-refractivity contribution in [2.75, 3.05) is 87.7 Å².